The van der Waals surface area contributed by atoms with Gasteiger partial charge in [0.2, 0.25) is 0 Å². The number of hydrogen-bond acceptors (Lipinski definition) is 1. The van der Waals surface area contributed by atoms with Crippen molar-refractivity contribution in [2.45, 2.75) is 33.1 Å². The number of anilines is 1. The molecule has 1 aromatic rings. The standard InChI is InChI=1S/C13H20N4O/c1-4-9-6-5-7-10(8(2)3)11(9)16-13(18)17-12(14)15/h5-8H,4H2,1-3H3,(H5,14,15,16,17,18). The fraction of sp³-hybridized carbons (Fsp3) is 0.385. The second kappa shape index (κ2) is 6.05. The van der Waals surface area contributed by atoms with Crippen LogP contribution in [-0.4, -0.2) is 12.0 Å². The summed E-state index contributed by atoms with van der Waals surface area (Å²) in [7, 11) is 0. The van der Waals surface area contributed by atoms with Crippen LogP contribution in [0.25, 0.3) is 0 Å². The molecular weight excluding hydrogens is 228 g/mol. The predicted molar refractivity (Wildman–Crippen MR) is 74.7 cm³/mol. The predicted octanol–water partition coefficient (Wildman–Crippen LogP) is 2.18. The highest BCUT2D eigenvalue weighted by Gasteiger charge is 2.12. The Morgan fingerprint density at radius 3 is 2.56 bits per heavy atom. The van der Waals surface area contributed by atoms with Crippen molar-refractivity contribution in [3.8, 4) is 0 Å². The number of urea groups is 1. The Bertz CT molecular complexity index is 462. The Morgan fingerprint density at radius 2 is 2.06 bits per heavy atom. The van der Waals surface area contributed by atoms with Gasteiger partial charge >= 0.3 is 6.03 Å². The maximum absolute atomic E-state index is 11.6. The van der Waals surface area contributed by atoms with Gasteiger partial charge < -0.3 is 16.8 Å². The van der Waals surface area contributed by atoms with Crippen LogP contribution in [0, 0.1) is 0 Å². The Kier molecular flexibility index (Phi) is 4.71. The van der Waals surface area contributed by atoms with Gasteiger partial charge in [0.25, 0.3) is 0 Å². The summed E-state index contributed by atoms with van der Waals surface area (Å²) in [5, 5.41) is 2.76. The first kappa shape index (κ1) is 14.0. The molecule has 0 saturated carbocycles. The Morgan fingerprint density at radius 1 is 1.39 bits per heavy atom. The van der Waals surface area contributed by atoms with Crippen LogP contribution in [-0.2, 0) is 6.42 Å². The van der Waals surface area contributed by atoms with Crippen molar-refractivity contribution in [1.82, 2.24) is 0 Å². The van der Waals surface area contributed by atoms with Crippen LogP contribution in [0.4, 0.5) is 10.5 Å². The number of aliphatic imine (C=N–C) groups is 1. The summed E-state index contributed by atoms with van der Waals surface area (Å²) in [5.74, 6) is 0.0681. The Labute approximate surface area is 107 Å². The van der Waals surface area contributed by atoms with Gasteiger partial charge in [0.15, 0.2) is 5.96 Å². The molecule has 5 nitrogen and oxygen atoms in total. The summed E-state index contributed by atoms with van der Waals surface area (Å²) in [6.45, 7) is 6.19. The van der Waals surface area contributed by atoms with Crippen molar-refractivity contribution in [2.24, 2.45) is 16.5 Å². The number of amides is 2. The number of aryl methyl sites for hydroxylation is 1. The van der Waals surface area contributed by atoms with Crippen molar-refractivity contribution in [1.29, 1.82) is 0 Å². The maximum Gasteiger partial charge on any atom is 0.348 e. The van der Waals surface area contributed by atoms with Gasteiger partial charge in [-0.1, -0.05) is 39.0 Å². The first-order valence-corrected chi connectivity index (χ1v) is 5.98. The molecule has 0 unspecified atom stereocenters. The molecule has 0 saturated heterocycles. The van der Waals surface area contributed by atoms with Crippen LogP contribution in [0.5, 0.6) is 0 Å². The molecule has 0 aromatic heterocycles. The molecule has 1 aromatic carbocycles. The molecule has 0 bridgehead atoms. The number of nitrogens with two attached hydrogens (primary N) is 2. The van der Waals surface area contributed by atoms with Crippen molar-refractivity contribution < 1.29 is 4.79 Å². The third kappa shape index (κ3) is 3.48. The summed E-state index contributed by atoms with van der Waals surface area (Å²) in [6.07, 6.45) is 0.831. The molecule has 18 heavy (non-hydrogen) atoms. The van der Waals surface area contributed by atoms with Crippen LogP contribution in [0.3, 0.4) is 0 Å². The number of benzene rings is 1. The summed E-state index contributed by atoms with van der Waals surface area (Å²) in [5.41, 5.74) is 13.3. The smallest absolute Gasteiger partial charge is 0.348 e. The van der Waals surface area contributed by atoms with Crippen LogP contribution < -0.4 is 16.8 Å². The topological polar surface area (TPSA) is 93.5 Å². The monoisotopic (exact) mass is 248 g/mol. The number of hydrogen-bond donors (Lipinski definition) is 3. The molecule has 0 spiro atoms. The Hall–Kier alpha value is -2.04. The van der Waals surface area contributed by atoms with Gasteiger partial charge in [-0.25, -0.2) is 4.79 Å². The lowest BCUT2D eigenvalue weighted by atomic mass is 9.97. The van der Waals surface area contributed by atoms with Crippen molar-refractivity contribution in [3.63, 3.8) is 0 Å². The van der Waals surface area contributed by atoms with Gasteiger partial charge in [0.1, 0.15) is 0 Å². The average Bonchev–Trinajstić information content (AvgIpc) is 2.27. The normalized spacial score (nSPS) is 10.2. The zero-order chi connectivity index (χ0) is 13.7. The molecule has 0 heterocycles. The molecule has 0 atom stereocenters. The number of guanidine groups is 1. The largest absolute Gasteiger partial charge is 0.370 e. The highest BCUT2D eigenvalue weighted by Crippen LogP contribution is 2.28. The van der Waals surface area contributed by atoms with Crippen molar-refractivity contribution >= 4 is 17.7 Å². The molecule has 98 valence electrons. The number of nitrogens with one attached hydrogen (secondary N) is 1. The zero-order valence-electron chi connectivity index (χ0n) is 11.0. The minimum atomic E-state index is -0.544. The van der Waals surface area contributed by atoms with Gasteiger partial charge in [-0.3, -0.25) is 0 Å². The average molecular weight is 248 g/mol. The maximum atomic E-state index is 11.6. The number of carbonyl (C=O) groups excluding carboxylic acids is 1. The number of rotatable bonds is 3. The molecule has 5 heteroatoms. The van der Waals surface area contributed by atoms with E-state index in [0.717, 1.165) is 23.2 Å². The molecule has 0 aliphatic heterocycles. The minimum absolute atomic E-state index is 0.243. The van der Waals surface area contributed by atoms with E-state index in [9.17, 15) is 4.79 Å². The van der Waals surface area contributed by atoms with Crippen LogP contribution in [0.15, 0.2) is 23.2 Å². The number of nitrogens with zero attached hydrogens (tertiary/aromatic N) is 1. The molecule has 1 rings (SSSR count). The molecule has 0 radical (unpaired) electrons. The van der Waals surface area contributed by atoms with E-state index in [0.29, 0.717) is 5.92 Å². The lowest BCUT2D eigenvalue weighted by Crippen LogP contribution is -2.26. The Balaban J connectivity index is 3.12. The van der Waals surface area contributed by atoms with E-state index in [1.54, 1.807) is 0 Å². The lowest BCUT2D eigenvalue weighted by molar-refractivity contribution is 0.259. The first-order chi connectivity index (χ1) is 8.45. The highest BCUT2D eigenvalue weighted by molar-refractivity contribution is 5.99. The SMILES string of the molecule is CCc1cccc(C(C)C)c1NC(=O)N=C(N)N. The van der Waals surface area contributed by atoms with E-state index in [1.807, 2.05) is 25.1 Å². The highest BCUT2D eigenvalue weighted by atomic mass is 16.2. The summed E-state index contributed by atoms with van der Waals surface area (Å²) in [6, 6.07) is 5.42. The summed E-state index contributed by atoms with van der Waals surface area (Å²) in [4.78, 5) is 15.1. The summed E-state index contributed by atoms with van der Waals surface area (Å²) >= 11 is 0. The minimum Gasteiger partial charge on any atom is -0.370 e. The second-order valence-electron chi connectivity index (χ2n) is 4.36. The van der Waals surface area contributed by atoms with Gasteiger partial charge in [0, 0.05) is 5.69 Å². The summed E-state index contributed by atoms with van der Waals surface area (Å²) < 4.78 is 0. The third-order valence-corrected chi connectivity index (χ3v) is 2.65. The lowest BCUT2D eigenvalue weighted by Gasteiger charge is -2.16. The van der Waals surface area contributed by atoms with E-state index in [2.05, 4.69) is 24.2 Å². The van der Waals surface area contributed by atoms with E-state index in [4.69, 9.17) is 11.5 Å². The van der Waals surface area contributed by atoms with Crippen LogP contribution >= 0.6 is 0 Å². The molecule has 0 aliphatic rings. The van der Waals surface area contributed by atoms with E-state index in [-0.39, 0.29) is 5.96 Å². The molecule has 0 fully saturated rings. The van der Waals surface area contributed by atoms with E-state index in [1.165, 1.54) is 0 Å². The van der Waals surface area contributed by atoms with Gasteiger partial charge in [-0.05, 0) is 23.5 Å². The van der Waals surface area contributed by atoms with Gasteiger partial charge in [-0.2, -0.15) is 4.99 Å². The van der Waals surface area contributed by atoms with Crippen LogP contribution in [0.1, 0.15) is 37.8 Å². The fourth-order valence-corrected chi connectivity index (χ4v) is 1.80. The molecule has 5 N–H and O–H groups in total. The molecule has 2 amide bonds. The van der Waals surface area contributed by atoms with Crippen molar-refractivity contribution in [3.05, 3.63) is 29.3 Å². The second-order valence-corrected chi connectivity index (χ2v) is 4.36. The third-order valence-electron chi connectivity index (χ3n) is 2.65. The number of carbonyl (C=O) groups is 1. The molecular formula is C13H20N4O. The van der Waals surface area contributed by atoms with E-state index >= 15 is 0 Å². The first-order valence-electron chi connectivity index (χ1n) is 5.98. The van der Waals surface area contributed by atoms with Crippen molar-refractivity contribution in [2.75, 3.05) is 5.32 Å². The quantitative estimate of drug-likeness (QED) is 0.565. The zero-order valence-corrected chi connectivity index (χ0v) is 11.0. The van der Waals surface area contributed by atoms with Gasteiger partial charge in [0.05, 0.1) is 0 Å². The fourth-order valence-electron chi connectivity index (χ4n) is 1.80. The number of para-hydroxylation sites is 1. The van der Waals surface area contributed by atoms with E-state index < -0.39 is 6.03 Å². The molecule has 0 aliphatic carbocycles. The van der Waals surface area contributed by atoms with Crippen LogP contribution in [0.2, 0.25) is 0 Å². The van der Waals surface area contributed by atoms with Gasteiger partial charge in [-0.15, -0.1) is 0 Å².